The normalized spacial score (nSPS) is 22.1. The van der Waals surface area contributed by atoms with Gasteiger partial charge >= 0.3 is 5.69 Å². The van der Waals surface area contributed by atoms with Crippen molar-refractivity contribution in [3.05, 3.63) is 52.1 Å². The van der Waals surface area contributed by atoms with E-state index in [9.17, 15) is 4.79 Å². The van der Waals surface area contributed by atoms with Crippen molar-refractivity contribution in [2.24, 2.45) is 5.92 Å². The van der Waals surface area contributed by atoms with E-state index < -0.39 is 0 Å². The first-order chi connectivity index (χ1) is 13.3. The summed E-state index contributed by atoms with van der Waals surface area (Å²) in [5.74, 6) is 1.19. The average molecular weight is 364 g/mol. The van der Waals surface area contributed by atoms with E-state index in [1.165, 1.54) is 17.5 Å². The van der Waals surface area contributed by atoms with Crippen LogP contribution in [0.5, 0.6) is 0 Å². The summed E-state index contributed by atoms with van der Waals surface area (Å²) in [6.45, 7) is 2.95. The van der Waals surface area contributed by atoms with Gasteiger partial charge in [-0.2, -0.15) is 4.98 Å². The van der Waals surface area contributed by atoms with Gasteiger partial charge in [0.1, 0.15) is 5.52 Å². The molecular formula is C20H24N6O. The second kappa shape index (κ2) is 6.81. The fraction of sp³-hybridized carbons (Fsp3) is 0.450. The third-order valence-electron chi connectivity index (χ3n) is 5.82. The van der Waals surface area contributed by atoms with Crippen molar-refractivity contribution in [1.82, 2.24) is 24.8 Å². The van der Waals surface area contributed by atoms with Crippen molar-refractivity contribution in [1.29, 1.82) is 0 Å². The summed E-state index contributed by atoms with van der Waals surface area (Å²) in [5.41, 5.74) is 3.83. The standard InChI is InChI=1S/C20H24N6O/c27-20-24-16-12-23-19(22-11-13-8-9-21-10-13)25-18(16)26(20)17-7-3-5-14-4-1-2-6-15(14)17/h1-2,4,6,12-13,17,21H,3,5,7-11H2,(H,24,27)(H,22,23,25)/t13-,17-/m1/s1. The Morgan fingerprint density at radius 2 is 2.19 bits per heavy atom. The molecule has 2 aromatic heterocycles. The third kappa shape index (κ3) is 3.02. The Kier molecular flexibility index (Phi) is 4.16. The maximum Gasteiger partial charge on any atom is 0.328 e. The molecule has 1 aromatic carbocycles. The number of H-pyrrole nitrogens is 1. The van der Waals surface area contributed by atoms with Crippen LogP contribution in [0.15, 0.2) is 35.3 Å². The van der Waals surface area contributed by atoms with Crippen molar-refractivity contribution in [3.63, 3.8) is 0 Å². The van der Waals surface area contributed by atoms with Crippen molar-refractivity contribution in [2.45, 2.75) is 31.7 Å². The van der Waals surface area contributed by atoms with Gasteiger partial charge in [-0.15, -0.1) is 0 Å². The minimum Gasteiger partial charge on any atom is -0.354 e. The highest BCUT2D eigenvalue weighted by Gasteiger charge is 2.25. The topological polar surface area (TPSA) is 87.6 Å². The minimum atomic E-state index is -0.113. The summed E-state index contributed by atoms with van der Waals surface area (Å²) in [7, 11) is 0. The summed E-state index contributed by atoms with van der Waals surface area (Å²) >= 11 is 0. The molecule has 1 saturated heterocycles. The number of hydrogen-bond acceptors (Lipinski definition) is 5. The molecule has 0 saturated carbocycles. The molecule has 27 heavy (non-hydrogen) atoms. The van der Waals surface area contributed by atoms with Crippen LogP contribution in [0.1, 0.15) is 36.4 Å². The fourth-order valence-electron chi connectivity index (χ4n) is 4.41. The van der Waals surface area contributed by atoms with E-state index in [2.05, 4.69) is 44.9 Å². The molecule has 3 N–H and O–H groups in total. The predicted molar refractivity (Wildman–Crippen MR) is 105 cm³/mol. The third-order valence-corrected chi connectivity index (χ3v) is 5.82. The van der Waals surface area contributed by atoms with Crippen molar-refractivity contribution >= 4 is 17.1 Å². The Hall–Kier alpha value is -2.67. The lowest BCUT2D eigenvalue weighted by Crippen LogP contribution is -2.26. The van der Waals surface area contributed by atoms with Gasteiger partial charge in [0.15, 0.2) is 5.65 Å². The van der Waals surface area contributed by atoms with Crippen LogP contribution in [0.25, 0.3) is 11.2 Å². The predicted octanol–water partition coefficient (Wildman–Crippen LogP) is 2.07. The van der Waals surface area contributed by atoms with Gasteiger partial charge in [-0.1, -0.05) is 24.3 Å². The number of imidazole rings is 1. The number of nitrogens with one attached hydrogen (secondary N) is 3. The van der Waals surface area contributed by atoms with Gasteiger partial charge in [0.05, 0.1) is 12.2 Å². The quantitative estimate of drug-likeness (QED) is 0.660. The Balaban J connectivity index is 1.51. The van der Waals surface area contributed by atoms with Crippen LogP contribution >= 0.6 is 0 Å². The molecule has 0 radical (unpaired) electrons. The minimum absolute atomic E-state index is 0.0259. The van der Waals surface area contributed by atoms with E-state index in [0.717, 1.165) is 38.9 Å². The largest absolute Gasteiger partial charge is 0.354 e. The Morgan fingerprint density at radius 1 is 1.26 bits per heavy atom. The van der Waals surface area contributed by atoms with Crippen LogP contribution in [0.2, 0.25) is 0 Å². The van der Waals surface area contributed by atoms with Gasteiger partial charge in [-0.25, -0.2) is 9.78 Å². The molecule has 3 aromatic rings. The Bertz CT molecular complexity index is 1020. The molecule has 5 rings (SSSR count). The molecule has 7 heteroatoms. The van der Waals surface area contributed by atoms with Crippen molar-refractivity contribution in [3.8, 4) is 0 Å². The number of benzene rings is 1. The maximum absolute atomic E-state index is 12.7. The lowest BCUT2D eigenvalue weighted by Gasteiger charge is -2.26. The molecule has 2 atom stereocenters. The zero-order valence-electron chi connectivity index (χ0n) is 15.2. The van der Waals surface area contributed by atoms with Gasteiger partial charge in [-0.05, 0) is 55.8 Å². The van der Waals surface area contributed by atoms with Crippen LogP contribution in [0, 0.1) is 5.92 Å². The molecule has 7 nitrogen and oxygen atoms in total. The molecule has 1 fully saturated rings. The van der Waals surface area contributed by atoms with E-state index in [0.29, 0.717) is 23.0 Å². The molecule has 140 valence electrons. The summed E-state index contributed by atoms with van der Waals surface area (Å²) in [6.07, 6.45) is 5.98. The second-order valence-corrected chi connectivity index (χ2v) is 7.58. The lowest BCUT2D eigenvalue weighted by atomic mass is 9.87. The van der Waals surface area contributed by atoms with Gasteiger partial charge in [0.2, 0.25) is 5.95 Å². The number of aryl methyl sites for hydroxylation is 1. The summed E-state index contributed by atoms with van der Waals surface area (Å²) in [5, 5.41) is 6.72. The van der Waals surface area contributed by atoms with Crippen LogP contribution < -0.4 is 16.3 Å². The van der Waals surface area contributed by atoms with Gasteiger partial charge in [0.25, 0.3) is 0 Å². The molecule has 1 aliphatic carbocycles. The van der Waals surface area contributed by atoms with Gasteiger partial charge in [0, 0.05) is 6.54 Å². The van der Waals surface area contributed by atoms with Crippen LogP contribution in [-0.4, -0.2) is 39.2 Å². The first kappa shape index (κ1) is 16.5. The average Bonchev–Trinajstić information content (AvgIpc) is 3.32. The highest BCUT2D eigenvalue weighted by Crippen LogP contribution is 2.33. The van der Waals surface area contributed by atoms with Gasteiger partial charge in [-0.3, -0.25) is 4.57 Å². The zero-order chi connectivity index (χ0) is 18.2. The Labute approximate surface area is 157 Å². The van der Waals surface area contributed by atoms with E-state index in [4.69, 9.17) is 4.98 Å². The highest BCUT2D eigenvalue weighted by molar-refractivity contribution is 5.71. The summed E-state index contributed by atoms with van der Waals surface area (Å²) in [6, 6.07) is 8.45. The SMILES string of the molecule is O=c1[nH]c2cnc(NC[C@@H]3CCNC3)nc2n1[C@@H]1CCCc2ccccc21. The first-order valence-corrected chi connectivity index (χ1v) is 9.79. The summed E-state index contributed by atoms with van der Waals surface area (Å²) < 4.78 is 1.82. The fourth-order valence-corrected chi connectivity index (χ4v) is 4.41. The number of fused-ring (bicyclic) bond motifs is 2. The maximum atomic E-state index is 12.7. The van der Waals surface area contributed by atoms with E-state index in [1.54, 1.807) is 6.20 Å². The molecule has 0 amide bonds. The van der Waals surface area contributed by atoms with Crippen molar-refractivity contribution < 1.29 is 0 Å². The number of aromatic nitrogens is 4. The molecule has 0 spiro atoms. The molecule has 0 unspecified atom stereocenters. The second-order valence-electron chi connectivity index (χ2n) is 7.58. The Morgan fingerprint density at radius 3 is 3.07 bits per heavy atom. The number of anilines is 1. The van der Waals surface area contributed by atoms with Crippen LogP contribution in [-0.2, 0) is 6.42 Å². The highest BCUT2D eigenvalue weighted by atomic mass is 16.1. The molecule has 3 heterocycles. The van der Waals surface area contributed by atoms with E-state index >= 15 is 0 Å². The number of rotatable bonds is 4. The zero-order valence-corrected chi connectivity index (χ0v) is 15.2. The van der Waals surface area contributed by atoms with Crippen molar-refractivity contribution in [2.75, 3.05) is 25.0 Å². The van der Waals surface area contributed by atoms with E-state index in [-0.39, 0.29) is 11.7 Å². The number of nitrogens with zero attached hydrogens (tertiary/aromatic N) is 3. The molecule has 1 aliphatic heterocycles. The van der Waals surface area contributed by atoms with Crippen LogP contribution in [0.4, 0.5) is 5.95 Å². The summed E-state index contributed by atoms with van der Waals surface area (Å²) in [4.78, 5) is 24.7. The monoisotopic (exact) mass is 364 g/mol. The lowest BCUT2D eigenvalue weighted by molar-refractivity contribution is 0.487. The first-order valence-electron chi connectivity index (χ1n) is 9.79. The van der Waals surface area contributed by atoms with Gasteiger partial charge < -0.3 is 15.6 Å². The molecular weight excluding hydrogens is 340 g/mol. The molecule has 2 aliphatic rings. The number of hydrogen-bond donors (Lipinski definition) is 3. The number of aromatic amines is 1. The van der Waals surface area contributed by atoms with E-state index in [1.807, 2.05) is 4.57 Å². The molecule has 0 bridgehead atoms. The van der Waals surface area contributed by atoms with Crippen LogP contribution in [0.3, 0.4) is 0 Å². The smallest absolute Gasteiger partial charge is 0.328 e.